The molecule has 1 atom stereocenters. The molecule has 0 spiro atoms. The molecule has 100 valence electrons. The highest BCUT2D eigenvalue weighted by molar-refractivity contribution is 6.35. The van der Waals surface area contributed by atoms with Crippen LogP contribution in [0.2, 0.25) is 5.02 Å². The molecule has 4 heterocycles. The molecule has 1 aromatic heterocycles. The first-order valence-electron chi connectivity index (χ1n) is 6.84. The van der Waals surface area contributed by atoms with Gasteiger partial charge in [-0.05, 0) is 44.0 Å². The van der Waals surface area contributed by atoms with Crippen LogP contribution in [0.25, 0.3) is 11.0 Å². The van der Waals surface area contributed by atoms with Crippen LogP contribution in [-0.2, 0) is 0 Å². The van der Waals surface area contributed by atoms with Crippen LogP contribution in [0.4, 0.5) is 5.82 Å². The molecule has 1 N–H and O–H groups in total. The summed E-state index contributed by atoms with van der Waals surface area (Å²) in [5, 5.41) is 9.30. The molecule has 3 saturated heterocycles. The first-order chi connectivity index (χ1) is 9.31. The maximum absolute atomic E-state index is 6.11. The molecule has 1 aromatic carbocycles. The van der Waals surface area contributed by atoms with Crippen molar-refractivity contribution in [3.8, 4) is 0 Å². The third-order valence-corrected chi connectivity index (χ3v) is 4.73. The number of para-hydroxylation sites is 1. The highest BCUT2D eigenvalue weighted by atomic mass is 35.5. The maximum atomic E-state index is 6.11. The highest BCUT2D eigenvalue weighted by Gasteiger charge is 2.34. The van der Waals surface area contributed by atoms with E-state index in [2.05, 4.69) is 15.4 Å². The topological polar surface area (TPSA) is 41.3 Å². The fraction of sp³-hybridized carbons (Fsp3) is 0.500. The number of nitrogens with one attached hydrogen (secondary N) is 1. The fourth-order valence-electron chi connectivity index (χ4n) is 3.34. The summed E-state index contributed by atoms with van der Waals surface area (Å²) in [5.74, 6) is 1.59. The molecule has 3 aliphatic heterocycles. The zero-order valence-corrected chi connectivity index (χ0v) is 11.4. The van der Waals surface area contributed by atoms with Crippen LogP contribution in [-0.4, -0.2) is 35.7 Å². The maximum Gasteiger partial charge on any atom is 0.187 e. The van der Waals surface area contributed by atoms with Crippen molar-refractivity contribution in [3.63, 3.8) is 0 Å². The molecule has 2 aromatic rings. The number of piperidine rings is 3. The van der Waals surface area contributed by atoms with Crippen LogP contribution in [0.15, 0.2) is 22.7 Å². The molecule has 0 aliphatic carbocycles. The van der Waals surface area contributed by atoms with Crippen LogP contribution >= 0.6 is 11.6 Å². The Balaban J connectivity index is 1.63. The summed E-state index contributed by atoms with van der Waals surface area (Å²) >= 11 is 6.11. The van der Waals surface area contributed by atoms with Crippen molar-refractivity contribution in [1.29, 1.82) is 0 Å². The summed E-state index contributed by atoms with van der Waals surface area (Å²) in [6.45, 7) is 3.60. The molecule has 2 bridgehead atoms. The van der Waals surface area contributed by atoms with Crippen LogP contribution in [0.5, 0.6) is 0 Å². The van der Waals surface area contributed by atoms with Gasteiger partial charge in [0.2, 0.25) is 0 Å². The Morgan fingerprint density at radius 1 is 1.32 bits per heavy atom. The largest absolute Gasteiger partial charge is 0.362 e. The van der Waals surface area contributed by atoms with E-state index in [1.807, 2.05) is 18.2 Å². The molecule has 5 heteroatoms. The monoisotopic (exact) mass is 277 g/mol. The summed E-state index contributed by atoms with van der Waals surface area (Å²) in [6.07, 6.45) is 2.57. The molecular formula is C14H16ClN3O. The van der Waals surface area contributed by atoms with E-state index >= 15 is 0 Å². The third-order valence-electron chi connectivity index (χ3n) is 4.43. The van der Waals surface area contributed by atoms with Crippen LogP contribution in [0.1, 0.15) is 12.8 Å². The molecule has 19 heavy (non-hydrogen) atoms. The quantitative estimate of drug-likeness (QED) is 0.916. The van der Waals surface area contributed by atoms with E-state index in [9.17, 15) is 0 Å². The van der Waals surface area contributed by atoms with E-state index in [1.165, 1.54) is 25.9 Å². The average molecular weight is 278 g/mol. The van der Waals surface area contributed by atoms with Gasteiger partial charge in [0.05, 0.1) is 10.4 Å². The number of hydrogen-bond donors (Lipinski definition) is 1. The van der Waals surface area contributed by atoms with Gasteiger partial charge in [-0.15, -0.1) is 0 Å². The van der Waals surface area contributed by atoms with Gasteiger partial charge in [0.15, 0.2) is 11.4 Å². The zero-order chi connectivity index (χ0) is 12.8. The Labute approximate surface area is 116 Å². The average Bonchev–Trinajstić information content (AvgIpc) is 2.85. The number of hydrogen-bond acceptors (Lipinski definition) is 4. The van der Waals surface area contributed by atoms with E-state index in [4.69, 9.17) is 16.1 Å². The molecule has 0 amide bonds. The second-order valence-electron chi connectivity index (χ2n) is 5.54. The van der Waals surface area contributed by atoms with Gasteiger partial charge in [-0.3, -0.25) is 0 Å². The second kappa shape index (κ2) is 4.39. The minimum Gasteiger partial charge on any atom is -0.362 e. The van der Waals surface area contributed by atoms with Crippen molar-refractivity contribution in [1.82, 2.24) is 10.1 Å². The second-order valence-corrected chi connectivity index (χ2v) is 5.94. The highest BCUT2D eigenvalue weighted by Crippen LogP contribution is 2.33. The molecule has 0 saturated carbocycles. The third kappa shape index (κ3) is 1.90. The van der Waals surface area contributed by atoms with Gasteiger partial charge in [0.1, 0.15) is 0 Å². The number of nitrogens with zero attached hydrogens (tertiary/aromatic N) is 2. The van der Waals surface area contributed by atoms with E-state index in [0.717, 1.165) is 23.7 Å². The van der Waals surface area contributed by atoms with Crippen LogP contribution in [0, 0.1) is 5.92 Å². The van der Waals surface area contributed by atoms with Gasteiger partial charge >= 0.3 is 0 Å². The number of rotatable bonds is 2. The Morgan fingerprint density at radius 2 is 2.16 bits per heavy atom. The van der Waals surface area contributed by atoms with Gasteiger partial charge in [-0.1, -0.05) is 22.8 Å². The number of halogens is 1. The van der Waals surface area contributed by atoms with E-state index in [1.54, 1.807) is 0 Å². The van der Waals surface area contributed by atoms with Crippen molar-refractivity contribution in [3.05, 3.63) is 23.2 Å². The zero-order valence-electron chi connectivity index (χ0n) is 10.6. The predicted octanol–water partition coefficient (Wildman–Crippen LogP) is 2.99. The van der Waals surface area contributed by atoms with Crippen molar-refractivity contribution >= 4 is 28.4 Å². The lowest BCUT2D eigenvalue weighted by molar-refractivity contribution is 0.0973. The predicted molar refractivity (Wildman–Crippen MR) is 75.6 cm³/mol. The standard InChI is InChI=1S/C14H16ClN3O/c15-11-3-1-2-10-13(11)19-17-14(10)16-12-8-18-6-4-9(12)5-7-18/h1-3,9,12H,4-8H2,(H,16,17). The normalized spacial score (nSPS) is 29.8. The summed E-state index contributed by atoms with van der Waals surface area (Å²) in [4.78, 5) is 2.52. The van der Waals surface area contributed by atoms with Gasteiger partial charge < -0.3 is 14.7 Å². The van der Waals surface area contributed by atoms with Crippen LogP contribution < -0.4 is 5.32 Å². The van der Waals surface area contributed by atoms with E-state index in [0.29, 0.717) is 16.6 Å². The molecule has 0 radical (unpaired) electrons. The number of fused-ring (bicyclic) bond motifs is 4. The Bertz CT molecular complexity index is 604. The minimum absolute atomic E-state index is 0.481. The van der Waals surface area contributed by atoms with Gasteiger partial charge in [-0.2, -0.15) is 0 Å². The number of aromatic nitrogens is 1. The number of benzene rings is 1. The summed E-state index contributed by atoms with van der Waals surface area (Å²) in [6, 6.07) is 6.24. The number of anilines is 1. The first-order valence-corrected chi connectivity index (χ1v) is 7.22. The molecule has 5 rings (SSSR count). The Kier molecular flexibility index (Phi) is 2.67. The Hall–Kier alpha value is -1.26. The lowest BCUT2D eigenvalue weighted by Crippen LogP contribution is -2.53. The summed E-state index contributed by atoms with van der Waals surface area (Å²) < 4.78 is 5.34. The van der Waals surface area contributed by atoms with Crippen molar-refractivity contribution in [2.45, 2.75) is 18.9 Å². The molecule has 1 unspecified atom stereocenters. The van der Waals surface area contributed by atoms with Gasteiger partial charge in [0.25, 0.3) is 0 Å². The molecule has 4 nitrogen and oxygen atoms in total. The SMILES string of the molecule is Clc1cccc2c(NC3CN4CCC3CC4)noc12. The molecular weight excluding hydrogens is 262 g/mol. The van der Waals surface area contributed by atoms with E-state index in [-0.39, 0.29) is 0 Å². The van der Waals surface area contributed by atoms with Gasteiger partial charge in [0, 0.05) is 12.6 Å². The first kappa shape index (κ1) is 11.6. The molecule has 3 aliphatic rings. The Morgan fingerprint density at radius 3 is 2.89 bits per heavy atom. The van der Waals surface area contributed by atoms with Crippen molar-refractivity contribution in [2.75, 3.05) is 25.0 Å². The minimum atomic E-state index is 0.481. The van der Waals surface area contributed by atoms with Crippen LogP contribution in [0.3, 0.4) is 0 Å². The van der Waals surface area contributed by atoms with Crippen molar-refractivity contribution in [2.24, 2.45) is 5.92 Å². The summed E-state index contributed by atoms with van der Waals surface area (Å²) in [7, 11) is 0. The lowest BCUT2D eigenvalue weighted by Gasteiger charge is -2.44. The summed E-state index contributed by atoms with van der Waals surface area (Å²) in [5.41, 5.74) is 0.674. The van der Waals surface area contributed by atoms with E-state index < -0.39 is 0 Å². The van der Waals surface area contributed by atoms with Gasteiger partial charge in [-0.25, -0.2) is 0 Å². The lowest BCUT2D eigenvalue weighted by atomic mass is 9.84. The smallest absolute Gasteiger partial charge is 0.187 e. The van der Waals surface area contributed by atoms with Crippen molar-refractivity contribution < 1.29 is 4.52 Å². The molecule has 3 fully saturated rings. The fourth-order valence-corrected chi connectivity index (χ4v) is 3.55.